The number of thiazole rings is 1. The maximum Gasteiger partial charge on any atom is 0.323 e. The lowest BCUT2D eigenvalue weighted by molar-refractivity contribution is -0.139. The van der Waals surface area contributed by atoms with E-state index in [1.807, 2.05) is 24.3 Å². The van der Waals surface area contributed by atoms with E-state index in [1.54, 1.807) is 0 Å². The molecule has 170 valence electrons. The number of anilines is 1. The molecule has 0 radical (unpaired) electrons. The fourth-order valence-corrected chi connectivity index (χ4v) is 5.15. The van der Waals surface area contributed by atoms with Crippen LogP contribution in [0.5, 0.6) is 0 Å². The van der Waals surface area contributed by atoms with Gasteiger partial charge < -0.3 is 14.9 Å². The molecule has 1 N–H and O–H groups in total. The Bertz CT molecular complexity index is 1260. The molecule has 3 aromatic rings. The monoisotopic (exact) mass is 486 g/mol. The Morgan fingerprint density at radius 2 is 1.97 bits per heavy atom. The Hall–Kier alpha value is -3.50. The summed E-state index contributed by atoms with van der Waals surface area (Å²) in [6.07, 6.45) is 0.357. The number of hydrogen-bond donors (Lipinski definition) is 1. The van der Waals surface area contributed by atoms with Crippen molar-refractivity contribution in [1.82, 2.24) is 14.8 Å². The third-order valence-electron chi connectivity index (χ3n) is 5.55. The first-order chi connectivity index (χ1) is 15.7. The molecule has 0 saturated heterocycles. The third-order valence-corrected chi connectivity index (χ3v) is 6.80. The van der Waals surface area contributed by atoms with Gasteiger partial charge in [0.15, 0.2) is 6.29 Å². The Morgan fingerprint density at radius 3 is 2.64 bits per heavy atom. The van der Waals surface area contributed by atoms with Gasteiger partial charge in [0.25, 0.3) is 5.91 Å². The lowest BCUT2D eigenvalue weighted by Crippen LogP contribution is -2.57. The lowest BCUT2D eigenvalue weighted by atomic mass is 9.91. The van der Waals surface area contributed by atoms with Crippen molar-refractivity contribution in [3.8, 4) is 0 Å². The number of nitrogens with zero attached hydrogens (tertiary/aromatic N) is 4. The highest BCUT2D eigenvalue weighted by molar-refractivity contribution is 7.18. The maximum absolute atomic E-state index is 13.4. The number of carboxylic acid groups (broad SMARTS) is 1. The largest absolute Gasteiger partial charge is 0.480 e. The average molecular weight is 487 g/mol. The van der Waals surface area contributed by atoms with Crippen molar-refractivity contribution in [3.63, 3.8) is 0 Å². The summed E-state index contributed by atoms with van der Waals surface area (Å²) in [7, 11) is 2.87. The zero-order valence-electron chi connectivity index (χ0n) is 17.7. The van der Waals surface area contributed by atoms with Gasteiger partial charge in [-0.3, -0.25) is 19.3 Å². The average Bonchev–Trinajstić information content (AvgIpc) is 3.29. The van der Waals surface area contributed by atoms with Crippen LogP contribution in [0, 0.1) is 0 Å². The number of amides is 3. The minimum Gasteiger partial charge on any atom is -0.480 e. The number of benzene rings is 2. The molecule has 1 aromatic heterocycles. The summed E-state index contributed by atoms with van der Waals surface area (Å²) in [5, 5.41) is 10.2. The summed E-state index contributed by atoms with van der Waals surface area (Å²) in [5.41, 5.74) is -0.864. The van der Waals surface area contributed by atoms with Crippen molar-refractivity contribution < 1.29 is 24.3 Å². The molecule has 0 unspecified atom stereocenters. The second kappa shape index (κ2) is 8.45. The Labute approximate surface area is 197 Å². The number of carboxylic acids is 1. The highest BCUT2D eigenvalue weighted by atomic mass is 35.5. The third kappa shape index (κ3) is 3.70. The summed E-state index contributed by atoms with van der Waals surface area (Å²) >= 11 is 7.56. The van der Waals surface area contributed by atoms with Crippen LogP contribution in [0.15, 0.2) is 42.5 Å². The number of aldehydes is 1. The molecule has 4 rings (SSSR count). The number of halogens is 1. The van der Waals surface area contributed by atoms with Crippen molar-refractivity contribution in [3.05, 3.63) is 58.1 Å². The van der Waals surface area contributed by atoms with E-state index in [4.69, 9.17) is 11.6 Å². The van der Waals surface area contributed by atoms with Gasteiger partial charge in [-0.2, -0.15) is 0 Å². The molecular formula is C22H19ClN4O5S. The van der Waals surface area contributed by atoms with Crippen LogP contribution in [0.1, 0.15) is 10.6 Å². The number of urea groups is 1. The van der Waals surface area contributed by atoms with Crippen LogP contribution in [-0.2, 0) is 26.5 Å². The molecule has 11 heteroatoms. The van der Waals surface area contributed by atoms with Crippen LogP contribution in [0.4, 0.5) is 10.5 Å². The number of likely N-dealkylation sites (N-methyl/N-ethyl adjacent to an activating group) is 1. The number of hydrogen-bond acceptors (Lipinski definition) is 6. The molecular weight excluding hydrogens is 468 g/mol. The van der Waals surface area contributed by atoms with E-state index in [0.717, 1.165) is 20.0 Å². The topological polar surface area (TPSA) is 111 Å². The van der Waals surface area contributed by atoms with Crippen molar-refractivity contribution in [1.29, 1.82) is 0 Å². The molecule has 1 aliphatic heterocycles. The molecule has 3 amide bonds. The van der Waals surface area contributed by atoms with Crippen molar-refractivity contribution in [2.24, 2.45) is 0 Å². The molecule has 9 nitrogen and oxygen atoms in total. The number of fused-ring (bicyclic) bond motifs is 2. The predicted molar refractivity (Wildman–Crippen MR) is 123 cm³/mol. The van der Waals surface area contributed by atoms with Crippen LogP contribution < -0.4 is 4.90 Å². The minimum absolute atomic E-state index is 0.153. The molecule has 0 saturated carbocycles. The number of para-hydroxylation sites is 1. The standard InChI is InChI=1S/C22H19ClN4O5S/c1-25(10-18-24-15-5-3-4-6-17(15)33-18)21(32)26(2)22(12-28)14-9-13(23)7-8-16(14)27(20(22)31)11-19(29)30/h3-9,12H,10-11H2,1-2H3,(H,29,30)/t22-/m1/s1. The summed E-state index contributed by atoms with van der Waals surface area (Å²) in [5.74, 6) is -2.09. The van der Waals surface area contributed by atoms with E-state index in [-0.39, 0.29) is 22.8 Å². The van der Waals surface area contributed by atoms with Gasteiger partial charge in [0.05, 0.1) is 22.4 Å². The van der Waals surface area contributed by atoms with Crippen molar-refractivity contribution in [2.45, 2.75) is 12.1 Å². The van der Waals surface area contributed by atoms with Gasteiger partial charge in [0.2, 0.25) is 5.54 Å². The second-order valence-electron chi connectivity index (χ2n) is 7.60. The maximum atomic E-state index is 13.4. The molecule has 2 heterocycles. The van der Waals surface area contributed by atoms with Crippen molar-refractivity contribution in [2.75, 3.05) is 25.5 Å². The van der Waals surface area contributed by atoms with E-state index in [9.17, 15) is 24.3 Å². The number of aliphatic carboxylic acids is 1. The highest BCUT2D eigenvalue weighted by Gasteiger charge is 2.56. The molecule has 33 heavy (non-hydrogen) atoms. The molecule has 2 aromatic carbocycles. The summed E-state index contributed by atoms with van der Waals surface area (Å²) in [6, 6.07) is 11.3. The van der Waals surface area contributed by atoms with E-state index in [2.05, 4.69) is 4.98 Å². The number of aromatic nitrogens is 1. The Kier molecular flexibility index (Phi) is 5.81. The normalized spacial score (nSPS) is 17.2. The van der Waals surface area contributed by atoms with Gasteiger partial charge in [0.1, 0.15) is 11.6 Å². The molecule has 0 spiro atoms. The predicted octanol–water partition coefficient (Wildman–Crippen LogP) is 2.96. The van der Waals surface area contributed by atoms with Crippen LogP contribution in [0.25, 0.3) is 10.2 Å². The molecule has 1 aliphatic rings. The highest BCUT2D eigenvalue weighted by Crippen LogP contribution is 2.44. The van der Waals surface area contributed by atoms with Crippen LogP contribution in [0.2, 0.25) is 5.02 Å². The summed E-state index contributed by atoms with van der Waals surface area (Å²) < 4.78 is 0.977. The zero-order valence-corrected chi connectivity index (χ0v) is 19.3. The summed E-state index contributed by atoms with van der Waals surface area (Å²) in [6.45, 7) is -0.500. The number of carbonyl (C=O) groups is 4. The smallest absolute Gasteiger partial charge is 0.323 e. The molecule has 1 atom stereocenters. The molecule has 0 bridgehead atoms. The first-order valence-corrected chi connectivity index (χ1v) is 11.0. The van der Waals surface area contributed by atoms with Crippen LogP contribution >= 0.6 is 22.9 Å². The minimum atomic E-state index is -2.05. The zero-order chi connectivity index (χ0) is 23.9. The van der Waals surface area contributed by atoms with E-state index in [0.29, 0.717) is 11.3 Å². The van der Waals surface area contributed by atoms with E-state index in [1.165, 1.54) is 48.5 Å². The fourth-order valence-electron chi connectivity index (χ4n) is 3.95. The van der Waals surface area contributed by atoms with Gasteiger partial charge in [-0.05, 0) is 30.3 Å². The van der Waals surface area contributed by atoms with E-state index < -0.39 is 30.0 Å². The summed E-state index contributed by atoms with van der Waals surface area (Å²) in [4.78, 5) is 58.4. The first-order valence-electron chi connectivity index (χ1n) is 9.82. The van der Waals surface area contributed by atoms with Gasteiger partial charge >= 0.3 is 12.0 Å². The Morgan fingerprint density at radius 1 is 1.24 bits per heavy atom. The van der Waals surface area contributed by atoms with Gasteiger partial charge in [0, 0.05) is 24.7 Å². The van der Waals surface area contributed by atoms with Crippen LogP contribution in [0.3, 0.4) is 0 Å². The number of carbonyl (C=O) groups excluding carboxylic acids is 3. The van der Waals surface area contributed by atoms with Crippen molar-refractivity contribution >= 4 is 63.0 Å². The second-order valence-corrected chi connectivity index (χ2v) is 9.16. The van der Waals surface area contributed by atoms with E-state index >= 15 is 0 Å². The number of rotatable bonds is 6. The molecule has 0 aliphatic carbocycles. The van der Waals surface area contributed by atoms with Crippen LogP contribution in [-0.4, -0.2) is 64.7 Å². The molecule has 0 fully saturated rings. The quantitative estimate of drug-likeness (QED) is 0.423. The lowest BCUT2D eigenvalue weighted by Gasteiger charge is -2.35. The SMILES string of the molecule is CN(Cc1nc2ccccc2s1)C(=O)N(C)[C@@]1(C=O)C(=O)N(CC(=O)O)c2ccc(Cl)cc21. The Balaban J connectivity index is 1.68. The fraction of sp³-hybridized carbons (Fsp3) is 0.227. The first kappa shape index (κ1) is 22.7. The van der Waals surface area contributed by atoms with Gasteiger partial charge in [-0.15, -0.1) is 11.3 Å². The van der Waals surface area contributed by atoms with Gasteiger partial charge in [-0.25, -0.2) is 9.78 Å². The van der Waals surface area contributed by atoms with Gasteiger partial charge in [-0.1, -0.05) is 23.7 Å².